The van der Waals surface area contributed by atoms with E-state index in [0.717, 1.165) is 41.1 Å². The highest BCUT2D eigenvalue weighted by Gasteiger charge is 2.43. The van der Waals surface area contributed by atoms with Gasteiger partial charge in [-0.1, -0.05) is 45.1 Å². The molecule has 14 nitrogen and oxygen atoms in total. The Kier molecular flexibility index (Phi) is 13.4. The quantitative estimate of drug-likeness (QED) is 0.0826. The lowest BCUT2D eigenvalue weighted by atomic mass is 9.77. The number of amides is 2. The summed E-state index contributed by atoms with van der Waals surface area (Å²) in [6.45, 7) is 14.0. The maximum atomic E-state index is 12.7. The van der Waals surface area contributed by atoms with Crippen LogP contribution in [0.1, 0.15) is 97.0 Å². The Bertz CT molecular complexity index is 2420. The van der Waals surface area contributed by atoms with Crippen LogP contribution < -0.4 is 14.8 Å². The Balaban J connectivity index is 1.52. The molecule has 1 aliphatic carbocycles. The average molecular weight is 837 g/mol. The molecule has 0 radical (unpaired) electrons. The highest BCUT2D eigenvalue weighted by molar-refractivity contribution is 7.86. The summed E-state index contributed by atoms with van der Waals surface area (Å²) in [5.74, 6) is -1.12. The molecule has 3 heterocycles. The minimum atomic E-state index is -4.88. The summed E-state index contributed by atoms with van der Waals surface area (Å²) in [6, 6.07) is 12.1. The molecule has 4 aliphatic rings. The van der Waals surface area contributed by atoms with E-state index in [1.165, 1.54) is 18.2 Å². The maximum Gasteiger partial charge on any atom is 0.333 e. The second kappa shape index (κ2) is 17.5. The van der Waals surface area contributed by atoms with Gasteiger partial charge in [0.1, 0.15) is 34.7 Å². The van der Waals surface area contributed by atoms with E-state index in [-0.39, 0.29) is 50.5 Å². The van der Waals surface area contributed by atoms with Gasteiger partial charge < -0.3 is 23.3 Å². The highest BCUT2D eigenvalue weighted by Crippen LogP contribution is 2.51. The van der Waals surface area contributed by atoms with Crippen LogP contribution in [0.25, 0.3) is 17.4 Å². The molecule has 2 amide bonds. The number of imide groups is 1. The Morgan fingerprint density at radius 1 is 0.948 bits per heavy atom. The van der Waals surface area contributed by atoms with Gasteiger partial charge in [0, 0.05) is 65.4 Å². The number of rotatable bonds is 15. The maximum absolute atomic E-state index is 12.7. The summed E-state index contributed by atoms with van der Waals surface area (Å²) in [4.78, 5) is 43.1. The van der Waals surface area contributed by atoms with Gasteiger partial charge in [0.15, 0.2) is 0 Å². The predicted octanol–water partition coefficient (Wildman–Crippen LogP) is 5.34. The summed E-state index contributed by atoms with van der Waals surface area (Å²) in [7, 11) is -9.42. The fourth-order valence-electron chi connectivity index (χ4n) is 7.35. The number of anilines is 1. The Labute approximate surface area is 340 Å². The standard InChI is InChI=1S/C42H51N3O11S2/c1-7-43(8-2)30-17-19-32-29(26-37(41(3,4)5)55-35(32)27-30)14-10-9-11-15-36-42(6,23-12-16-40(48)56-45-38(46)21-22-39(45)47)33-28-31(58(52,53)54)18-20-34(33)44(36)24-13-25-57(49,50)51/h9-11,14-15,17-20,26-28H,7-8,12-13,16,21-25H2,1-6H3,(H-,49,50,51,52,53,54)/p-1. The van der Waals surface area contributed by atoms with Gasteiger partial charge in [0.25, 0.3) is 11.8 Å². The fourth-order valence-corrected chi connectivity index (χ4v) is 8.33. The van der Waals surface area contributed by atoms with E-state index >= 15 is 0 Å². The third-order valence-electron chi connectivity index (χ3n) is 10.4. The van der Waals surface area contributed by atoms with Crippen LogP contribution in [0.15, 0.2) is 81.8 Å². The van der Waals surface area contributed by atoms with Crippen molar-refractivity contribution in [2.24, 2.45) is 0 Å². The molecule has 1 aromatic carbocycles. The van der Waals surface area contributed by atoms with Crippen LogP contribution in [-0.2, 0) is 50.3 Å². The first kappa shape index (κ1) is 44.2. The normalized spacial score (nSPS) is 18.4. The summed E-state index contributed by atoms with van der Waals surface area (Å²) in [6.07, 6.45) is 9.19. The minimum absolute atomic E-state index is 0.0492. The smallest absolute Gasteiger partial charge is 0.333 e. The van der Waals surface area contributed by atoms with Crippen molar-refractivity contribution < 1.29 is 49.6 Å². The zero-order valence-corrected chi connectivity index (χ0v) is 35.3. The lowest BCUT2D eigenvalue weighted by Gasteiger charge is -2.30. The van der Waals surface area contributed by atoms with Crippen molar-refractivity contribution in [3.63, 3.8) is 0 Å². The summed E-state index contributed by atoms with van der Waals surface area (Å²) < 4.78 is 79.9. The second-order valence-corrected chi connectivity index (χ2v) is 18.5. The van der Waals surface area contributed by atoms with E-state index in [2.05, 4.69) is 51.3 Å². The number of carbonyl (C=O) groups excluding carboxylic acids is 3. The zero-order chi connectivity index (χ0) is 42.6. The van der Waals surface area contributed by atoms with Gasteiger partial charge in [-0.15, -0.1) is 5.06 Å². The van der Waals surface area contributed by atoms with Gasteiger partial charge in [-0.3, -0.25) is 9.59 Å². The van der Waals surface area contributed by atoms with E-state index in [9.17, 15) is 40.3 Å². The summed E-state index contributed by atoms with van der Waals surface area (Å²) in [5.41, 5.74) is 2.08. The van der Waals surface area contributed by atoms with Gasteiger partial charge in [-0.05, 0) is 87.6 Å². The second-order valence-electron chi connectivity index (χ2n) is 15.6. The van der Waals surface area contributed by atoms with Crippen molar-refractivity contribution >= 4 is 49.8 Å². The van der Waals surface area contributed by atoms with E-state index in [0.29, 0.717) is 22.0 Å². The fraction of sp³-hybridized carbons (Fsp3) is 0.429. The molecule has 5 rings (SSSR count). The Morgan fingerprint density at radius 3 is 2.26 bits per heavy atom. The first-order chi connectivity index (χ1) is 27.2. The van der Waals surface area contributed by atoms with Gasteiger partial charge in [-0.2, -0.15) is 0 Å². The molecule has 0 spiro atoms. The zero-order valence-electron chi connectivity index (χ0n) is 33.6. The molecule has 1 fully saturated rings. The molecular formula is C42H50N3O11S2-. The van der Waals surface area contributed by atoms with E-state index in [1.807, 2.05) is 37.3 Å². The van der Waals surface area contributed by atoms with Crippen molar-refractivity contribution in [2.75, 3.05) is 30.3 Å². The number of hydrogen-bond acceptors (Lipinski definition) is 12. The molecule has 16 heteroatoms. The van der Waals surface area contributed by atoms with Crippen LogP contribution in [0, 0.1) is 0 Å². The monoisotopic (exact) mass is 836 g/mol. The third-order valence-corrected chi connectivity index (χ3v) is 12.1. The number of benzene rings is 2. The molecule has 0 N–H and O–H groups in total. The van der Waals surface area contributed by atoms with Crippen LogP contribution in [0.4, 0.5) is 5.69 Å². The molecule has 0 bridgehead atoms. The first-order valence-electron chi connectivity index (χ1n) is 19.3. The van der Waals surface area contributed by atoms with Gasteiger partial charge in [0.05, 0.1) is 21.1 Å². The van der Waals surface area contributed by atoms with Gasteiger partial charge in [0.2, 0.25) is 5.36 Å². The summed E-state index contributed by atoms with van der Waals surface area (Å²) in [5, 5.41) is 1.52. The molecule has 312 valence electrons. The van der Waals surface area contributed by atoms with E-state index in [4.69, 9.17) is 9.25 Å². The SMILES string of the molecule is CC[N+](CC)=c1ccc2c(/C=C/C=C/C=C3\N(CCCS(=O)(=O)[O-])c4ccc(S(=O)(=O)[O-])cc4C3(C)CCCC(=O)ON3C(=O)CCC3=O)cc(C(C)(C)C)oc-2c1. The molecule has 0 saturated carbocycles. The molecule has 3 aliphatic heterocycles. The number of hydrogen-bond donors (Lipinski definition) is 0. The van der Waals surface area contributed by atoms with Crippen molar-refractivity contribution in [3.8, 4) is 11.3 Å². The molecule has 58 heavy (non-hydrogen) atoms. The number of fused-ring (bicyclic) bond motifs is 2. The Morgan fingerprint density at radius 2 is 1.64 bits per heavy atom. The predicted molar refractivity (Wildman–Crippen MR) is 216 cm³/mol. The Hall–Kier alpha value is -4.90. The average Bonchev–Trinajstić information content (AvgIpc) is 3.57. The van der Waals surface area contributed by atoms with Crippen LogP contribution >= 0.6 is 0 Å². The van der Waals surface area contributed by atoms with E-state index in [1.54, 1.807) is 17.1 Å². The van der Waals surface area contributed by atoms with Crippen LogP contribution in [0.5, 0.6) is 0 Å². The van der Waals surface area contributed by atoms with Crippen LogP contribution in [-0.4, -0.2) is 74.2 Å². The molecule has 1 atom stereocenters. The molecule has 1 aromatic rings. The minimum Gasteiger partial charge on any atom is -0.748 e. The molecule has 0 aromatic heterocycles. The topological polar surface area (TPSA) is 197 Å². The van der Waals surface area contributed by atoms with Crippen molar-refractivity contribution in [1.82, 2.24) is 9.64 Å². The lowest BCUT2D eigenvalue weighted by molar-refractivity contribution is -0.197. The van der Waals surface area contributed by atoms with Crippen molar-refractivity contribution in [1.29, 1.82) is 0 Å². The number of hydroxylamine groups is 2. The number of nitrogens with zero attached hydrogens (tertiary/aromatic N) is 3. The molecule has 1 saturated heterocycles. The largest absolute Gasteiger partial charge is 0.748 e. The molecular weight excluding hydrogens is 787 g/mol. The van der Waals surface area contributed by atoms with E-state index < -0.39 is 54.1 Å². The highest BCUT2D eigenvalue weighted by atomic mass is 32.2. The van der Waals surface area contributed by atoms with Crippen LogP contribution in [0.3, 0.4) is 0 Å². The third kappa shape index (κ3) is 10.2. The number of carbonyl (C=O) groups is 3. The lowest BCUT2D eigenvalue weighted by Crippen LogP contribution is -2.32. The van der Waals surface area contributed by atoms with Crippen molar-refractivity contribution in [2.45, 2.75) is 95.8 Å². The van der Waals surface area contributed by atoms with Crippen molar-refractivity contribution in [3.05, 3.63) is 94.7 Å². The number of allylic oxidation sites excluding steroid dienone is 5. The molecule has 1 unspecified atom stereocenters. The van der Waals surface area contributed by atoms with Crippen LogP contribution in [0.2, 0.25) is 0 Å². The summed E-state index contributed by atoms with van der Waals surface area (Å²) >= 11 is 0. The van der Waals surface area contributed by atoms with Gasteiger partial charge in [-0.25, -0.2) is 26.2 Å². The van der Waals surface area contributed by atoms with Gasteiger partial charge >= 0.3 is 5.97 Å². The first-order valence-corrected chi connectivity index (χ1v) is 22.2.